The molecule has 82 valence electrons. The molecule has 0 spiro atoms. The Labute approximate surface area is 94.0 Å². The molecule has 1 N–H and O–H groups in total. The van der Waals surface area contributed by atoms with Gasteiger partial charge in [-0.05, 0) is 19.4 Å². The molecule has 0 saturated heterocycles. The number of esters is 1. The Hall–Kier alpha value is -0.350. The van der Waals surface area contributed by atoms with Crippen LogP contribution < -0.4 is 5.32 Å². The molecule has 0 radical (unpaired) electrons. The molecule has 4 heteroatoms. The quantitative estimate of drug-likeness (QED) is 0.315. The SMILES string of the molecule is C=CCCNCCOC(=O)C(Br)CC. The maximum atomic E-state index is 11.1. The van der Waals surface area contributed by atoms with Gasteiger partial charge in [-0.1, -0.05) is 28.9 Å². The molecule has 3 nitrogen and oxygen atoms in total. The molecular formula is C10H18BrNO2. The highest BCUT2D eigenvalue weighted by Gasteiger charge is 2.12. The normalized spacial score (nSPS) is 12.1. The van der Waals surface area contributed by atoms with Gasteiger partial charge in [0.15, 0.2) is 0 Å². The lowest BCUT2D eigenvalue weighted by Gasteiger charge is -2.08. The lowest BCUT2D eigenvalue weighted by molar-refractivity contribution is -0.142. The van der Waals surface area contributed by atoms with Crippen LogP contribution in [0.15, 0.2) is 12.7 Å². The molecule has 0 saturated carbocycles. The first kappa shape index (κ1) is 13.7. The van der Waals surface area contributed by atoms with Crippen LogP contribution in [0.2, 0.25) is 0 Å². The van der Waals surface area contributed by atoms with Crippen LogP contribution in [0.4, 0.5) is 0 Å². The smallest absolute Gasteiger partial charge is 0.319 e. The summed E-state index contributed by atoms with van der Waals surface area (Å²) in [6, 6.07) is 0. The molecule has 0 aliphatic heterocycles. The summed E-state index contributed by atoms with van der Waals surface area (Å²) in [6.07, 6.45) is 3.54. The van der Waals surface area contributed by atoms with Crippen LogP contribution in [-0.2, 0) is 9.53 Å². The van der Waals surface area contributed by atoms with E-state index in [1.807, 2.05) is 13.0 Å². The predicted octanol–water partition coefficient (Wildman–Crippen LogP) is 1.87. The second-order valence-electron chi connectivity index (χ2n) is 2.87. The first-order chi connectivity index (χ1) is 6.72. The first-order valence-electron chi connectivity index (χ1n) is 4.84. The topological polar surface area (TPSA) is 38.3 Å². The van der Waals surface area contributed by atoms with Crippen molar-refractivity contribution in [3.63, 3.8) is 0 Å². The van der Waals surface area contributed by atoms with Crippen molar-refractivity contribution in [3.05, 3.63) is 12.7 Å². The average molecular weight is 264 g/mol. The Morgan fingerprint density at radius 3 is 2.93 bits per heavy atom. The van der Waals surface area contributed by atoms with Crippen LogP contribution >= 0.6 is 15.9 Å². The molecule has 0 aliphatic carbocycles. The Bertz CT molecular complexity index is 174. The van der Waals surface area contributed by atoms with Gasteiger partial charge in [-0.15, -0.1) is 6.58 Å². The summed E-state index contributed by atoms with van der Waals surface area (Å²) in [7, 11) is 0. The predicted molar refractivity (Wildman–Crippen MR) is 61.6 cm³/mol. The van der Waals surface area contributed by atoms with Gasteiger partial charge in [-0.2, -0.15) is 0 Å². The molecular weight excluding hydrogens is 246 g/mol. The monoisotopic (exact) mass is 263 g/mol. The van der Waals surface area contributed by atoms with Crippen LogP contribution in [0.5, 0.6) is 0 Å². The van der Waals surface area contributed by atoms with Crippen molar-refractivity contribution >= 4 is 21.9 Å². The number of hydrogen-bond acceptors (Lipinski definition) is 3. The van der Waals surface area contributed by atoms with Crippen LogP contribution in [0.1, 0.15) is 19.8 Å². The van der Waals surface area contributed by atoms with E-state index in [1.165, 1.54) is 0 Å². The van der Waals surface area contributed by atoms with E-state index in [0.717, 1.165) is 19.4 Å². The number of ether oxygens (including phenoxy) is 1. The molecule has 0 bridgehead atoms. The van der Waals surface area contributed by atoms with E-state index in [2.05, 4.69) is 27.8 Å². The van der Waals surface area contributed by atoms with Gasteiger partial charge in [0.05, 0.1) is 0 Å². The van der Waals surface area contributed by atoms with E-state index in [1.54, 1.807) is 0 Å². The van der Waals surface area contributed by atoms with Crippen molar-refractivity contribution in [2.24, 2.45) is 0 Å². The second kappa shape index (κ2) is 9.21. The number of halogens is 1. The van der Waals surface area contributed by atoms with E-state index < -0.39 is 0 Å². The second-order valence-corrected chi connectivity index (χ2v) is 3.98. The van der Waals surface area contributed by atoms with Gasteiger partial charge < -0.3 is 10.1 Å². The summed E-state index contributed by atoms with van der Waals surface area (Å²) < 4.78 is 5.00. The lowest BCUT2D eigenvalue weighted by atomic mass is 10.3. The van der Waals surface area contributed by atoms with Gasteiger partial charge in [0, 0.05) is 6.54 Å². The summed E-state index contributed by atoms with van der Waals surface area (Å²) in [6.45, 7) is 7.55. The summed E-state index contributed by atoms with van der Waals surface area (Å²) in [4.78, 5) is 11.0. The third-order valence-corrected chi connectivity index (χ3v) is 2.68. The Kier molecular flexibility index (Phi) is 8.98. The summed E-state index contributed by atoms with van der Waals surface area (Å²) in [5, 5.41) is 3.13. The van der Waals surface area contributed by atoms with Gasteiger partial charge in [-0.3, -0.25) is 4.79 Å². The molecule has 14 heavy (non-hydrogen) atoms. The minimum atomic E-state index is -0.182. The molecule has 0 rings (SSSR count). The highest BCUT2D eigenvalue weighted by atomic mass is 79.9. The standard InChI is InChI=1S/C10H18BrNO2/c1-3-5-6-12-7-8-14-10(13)9(11)4-2/h3,9,12H,1,4-8H2,2H3. The number of nitrogens with one attached hydrogen (secondary N) is 1. The number of hydrogen-bond donors (Lipinski definition) is 1. The Balaban J connectivity index is 3.27. The number of rotatable bonds is 8. The van der Waals surface area contributed by atoms with Crippen molar-refractivity contribution < 1.29 is 9.53 Å². The molecule has 0 aromatic carbocycles. The molecule has 0 aromatic heterocycles. The van der Waals surface area contributed by atoms with Crippen molar-refractivity contribution in [2.75, 3.05) is 19.7 Å². The van der Waals surface area contributed by atoms with Crippen LogP contribution in [-0.4, -0.2) is 30.5 Å². The fourth-order valence-corrected chi connectivity index (χ4v) is 0.942. The fourth-order valence-electron chi connectivity index (χ4n) is 0.810. The minimum absolute atomic E-state index is 0.171. The molecule has 0 fully saturated rings. The van der Waals surface area contributed by atoms with E-state index in [-0.39, 0.29) is 10.8 Å². The zero-order valence-electron chi connectivity index (χ0n) is 8.59. The zero-order valence-corrected chi connectivity index (χ0v) is 10.2. The number of carbonyl (C=O) groups is 1. The third-order valence-electron chi connectivity index (χ3n) is 1.66. The van der Waals surface area contributed by atoms with Crippen LogP contribution in [0, 0.1) is 0 Å². The van der Waals surface area contributed by atoms with Crippen molar-refractivity contribution in [1.82, 2.24) is 5.32 Å². The van der Waals surface area contributed by atoms with Gasteiger partial charge in [-0.25, -0.2) is 0 Å². The third kappa shape index (κ3) is 7.09. The highest BCUT2D eigenvalue weighted by Crippen LogP contribution is 2.05. The number of carbonyl (C=O) groups excluding carboxylic acids is 1. The van der Waals surface area contributed by atoms with E-state index in [4.69, 9.17) is 4.74 Å². The van der Waals surface area contributed by atoms with E-state index >= 15 is 0 Å². The van der Waals surface area contributed by atoms with Crippen molar-refractivity contribution in [3.8, 4) is 0 Å². The Morgan fingerprint density at radius 1 is 1.64 bits per heavy atom. The van der Waals surface area contributed by atoms with Gasteiger partial charge in [0.25, 0.3) is 0 Å². The van der Waals surface area contributed by atoms with E-state index in [9.17, 15) is 4.79 Å². The van der Waals surface area contributed by atoms with Gasteiger partial charge in [0.2, 0.25) is 0 Å². The van der Waals surface area contributed by atoms with Crippen LogP contribution in [0.25, 0.3) is 0 Å². The lowest BCUT2D eigenvalue weighted by Crippen LogP contribution is -2.24. The van der Waals surface area contributed by atoms with Crippen LogP contribution in [0.3, 0.4) is 0 Å². The van der Waals surface area contributed by atoms with E-state index in [0.29, 0.717) is 13.2 Å². The molecule has 0 amide bonds. The fraction of sp³-hybridized carbons (Fsp3) is 0.700. The maximum absolute atomic E-state index is 11.1. The zero-order chi connectivity index (χ0) is 10.8. The molecule has 1 atom stereocenters. The van der Waals surface area contributed by atoms with Gasteiger partial charge in [0.1, 0.15) is 11.4 Å². The molecule has 0 heterocycles. The highest BCUT2D eigenvalue weighted by molar-refractivity contribution is 9.10. The summed E-state index contributed by atoms with van der Waals surface area (Å²) in [5.41, 5.74) is 0. The minimum Gasteiger partial charge on any atom is -0.464 e. The average Bonchev–Trinajstić information content (AvgIpc) is 2.21. The van der Waals surface area contributed by atoms with Crippen molar-refractivity contribution in [1.29, 1.82) is 0 Å². The van der Waals surface area contributed by atoms with Gasteiger partial charge >= 0.3 is 5.97 Å². The first-order valence-corrected chi connectivity index (χ1v) is 5.76. The molecule has 0 aromatic rings. The molecule has 0 aliphatic rings. The molecule has 1 unspecified atom stereocenters. The Morgan fingerprint density at radius 2 is 2.36 bits per heavy atom. The largest absolute Gasteiger partial charge is 0.464 e. The van der Waals surface area contributed by atoms with Crippen molar-refractivity contribution in [2.45, 2.75) is 24.6 Å². The maximum Gasteiger partial charge on any atom is 0.319 e. The number of alkyl halides is 1. The summed E-state index contributed by atoms with van der Waals surface area (Å²) in [5.74, 6) is -0.182. The summed E-state index contributed by atoms with van der Waals surface area (Å²) >= 11 is 3.23.